The van der Waals surface area contributed by atoms with E-state index in [4.69, 9.17) is 4.42 Å². The van der Waals surface area contributed by atoms with E-state index < -0.39 is 0 Å². The van der Waals surface area contributed by atoms with Gasteiger partial charge >= 0.3 is 0 Å². The van der Waals surface area contributed by atoms with Crippen LogP contribution in [-0.4, -0.2) is 47.8 Å². The average Bonchev–Trinajstić information content (AvgIpc) is 3.05. The second-order valence-corrected chi connectivity index (χ2v) is 6.12. The van der Waals surface area contributed by atoms with Crippen LogP contribution in [0.25, 0.3) is 0 Å². The zero-order valence-electron chi connectivity index (χ0n) is 12.7. The van der Waals surface area contributed by atoms with Gasteiger partial charge in [0.05, 0.1) is 5.41 Å². The molecule has 0 N–H and O–H groups in total. The summed E-state index contributed by atoms with van der Waals surface area (Å²) in [5.74, 6) is 1.37. The smallest absolute Gasteiger partial charge is 0.289 e. The first-order valence-corrected chi connectivity index (χ1v) is 7.71. The summed E-state index contributed by atoms with van der Waals surface area (Å²) >= 11 is 0. The number of rotatable bonds is 2. The lowest BCUT2D eigenvalue weighted by Crippen LogP contribution is -2.46. The molecule has 3 heterocycles. The van der Waals surface area contributed by atoms with E-state index in [1.54, 1.807) is 12.1 Å². The predicted octanol–water partition coefficient (Wildman–Crippen LogP) is 2.06. The van der Waals surface area contributed by atoms with Gasteiger partial charge in [0, 0.05) is 26.2 Å². The topological polar surface area (TPSA) is 53.8 Å². The number of nitrogens with zero attached hydrogens (tertiary/aromatic N) is 2. The Hall–Kier alpha value is -1.78. The van der Waals surface area contributed by atoms with Crippen molar-refractivity contribution in [1.82, 2.24) is 9.80 Å². The normalized spacial score (nSPS) is 21.3. The SMILES string of the molecule is CCN1CCC2(CCN(C(=O)c3ccc(C)o3)CC2)C1=O. The first-order valence-electron chi connectivity index (χ1n) is 7.71. The lowest BCUT2D eigenvalue weighted by atomic mass is 9.77. The quantitative estimate of drug-likeness (QED) is 0.838. The maximum absolute atomic E-state index is 12.5. The van der Waals surface area contributed by atoms with Gasteiger partial charge in [0.15, 0.2) is 5.76 Å². The summed E-state index contributed by atoms with van der Waals surface area (Å²) in [5, 5.41) is 0. The molecule has 1 spiro atoms. The minimum absolute atomic E-state index is 0.0595. The number of hydrogen-bond acceptors (Lipinski definition) is 3. The summed E-state index contributed by atoms with van der Waals surface area (Å²) in [6, 6.07) is 3.53. The fourth-order valence-corrected chi connectivity index (χ4v) is 3.50. The summed E-state index contributed by atoms with van der Waals surface area (Å²) in [6.07, 6.45) is 2.48. The Morgan fingerprint density at radius 1 is 1.24 bits per heavy atom. The largest absolute Gasteiger partial charge is 0.456 e. The first-order chi connectivity index (χ1) is 10.1. The number of piperidine rings is 1. The lowest BCUT2D eigenvalue weighted by molar-refractivity contribution is -0.137. The third-order valence-corrected chi connectivity index (χ3v) is 4.94. The highest BCUT2D eigenvalue weighted by Gasteiger charge is 2.48. The number of carbonyl (C=O) groups excluding carboxylic acids is 2. The van der Waals surface area contributed by atoms with E-state index in [1.807, 2.05) is 23.6 Å². The summed E-state index contributed by atoms with van der Waals surface area (Å²) in [4.78, 5) is 28.6. The van der Waals surface area contributed by atoms with Gasteiger partial charge in [0.2, 0.25) is 5.91 Å². The molecule has 3 rings (SSSR count). The number of aryl methyl sites for hydroxylation is 1. The summed E-state index contributed by atoms with van der Waals surface area (Å²) < 4.78 is 5.40. The molecule has 0 bridgehead atoms. The lowest BCUT2D eigenvalue weighted by Gasteiger charge is -2.37. The molecule has 1 aromatic heterocycles. The molecule has 0 aliphatic carbocycles. The minimum Gasteiger partial charge on any atom is -0.456 e. The van der Waals surface area contributed by atoms with E-state index in [0.717, 1.165) is 38.1 Å². The summed E-state index contributed by atoms with van der Waals surface area (Å²) in [7, 11) is 0. The van der Waals surface area contributed by atoms with Crippen LogP contribution in [0.1, 0.15) is 42.5 Å². The van der Waals surface area contributed by atoms with Crippen molar-refractivity contribution in [3.05, 3.63) is 23.7 Å². The van der Waals surface area contributed by atoms with E-state index in [1.165, 1.54) is 0 Å². The van der Waals surface area contributed by atoms with Crippen LogP contribution in [0.3, 0.4) is 0 Å². The maximum Gasteiger partial charge on any atom is 0.289 e. The molecule has 5 heteroatoms. The van der Waals surface area contributed by atoms with Crippen molar-refractivity contribution in [2.24, 2.45) is 5.41 Å². The van der Waals surface area contributed by atoms with Gasteiger partial charge in [-0.25, -0.2) is 0 Å². The van der Waals surface area contributed by atoms with Crippen molar-refractivity contribution in [2.75, 3.05) is 26.2 Å². The molecule has 114 valence electrons. The van der Waals surface area contributed by atoms with Gasteiger partial charge in [-0.15, -0.1) is 0 Å². The van der Waals surface area contributed by atoms with Crippen molar-refractivity contribution in [3.63, 3.8) is 0 Å². The third kappa shape index (κ3) is 2.34. The number of furan rings is 1. The molecular formula is C16H22N2O3. The van der Waals surface area contributed by atoms with Gasteiger partial charge in [-0.05, 0) is 45.2 Å². The molecule has 0 atom stereocenters. The van der Waals surface area contributed by atoms with Crippen LogP contribution in [0.2, 0.25) is 0 Å². The molecule has 0 radical (unpaired) electrons. The van der Waals surface area contributed by atoms with Gasteiger partial charge in [-0.2, -0.15) is 0 Å². The zero-order chi connectivity index (χ0) is 15.0. The van der Waals surface area contributed by atoms with Gasteiger partial charge < -0.3 is 14.2 Å². The van der Waals surface area contributed by atoms with Crippen LogP contribution in [0.15, 0.2) is 16.5 Å². The Morgan fingerprint density at radius 2 is 1.90 bits per heavy atom. The number of hydrogen-bond donors (Lipinski definition) is 0. The molecular weight excluding hydrogens is 268 g/mol. The highest BCUT2D eigenvalue weighted by atomic mass is 16.3. The molecule has 0 aromatic carbocycles. The highest BCUT2D eigenvalue weighted by Crippen LogP contribution is 2.41. The molecule has 21 heavy (non-hydrogen) atoms. The van der Waals surface area contributed by atoms with E-state index in [-0.39, 0.29) is 17.2 Å². The second-order valence-electron chi connectivity index (χ2n) is 6.12. The Kier molecular flexibility index (Phi) is 3.51. The fraction of sp³-hybridized carbons (Fsp3) is 0.625. The third-order valence-electron chi connectivity index (χ3n) is 4.94. The standard InChI is InChI=1S/C16H22N2O3/c1-3-17-9-6-16(15(17)20)7-10-18(11-8-16)14(19)13-5-4-12(2)21-13/h4-5H,3,6-11H2,1-2H3. The van der Waals surface area contributed by atoms with Crippen molar-refractivity contribution in [2.45, 2.75) is 33.1 Å². The zero-order valence-corrected chi connectivity index (χ0v) is 12.7. The van der Waals surface area contributed by atoms with Gasteiger partial charge in [0.1, 0.15) is 5.76 Å². The van der Waals surface area contributed by atoms with E-state index >= 15 is 0 Å². The Labute approximate surface area is 124 Å². The molecule has 1 aromatic rings. The van der Waals surface area contributed by atoms with Gasteiger partial charge in [-0.3, -0.25) is 9.59 Å². The highest BCUT2D eigenvalue weighted by molar-refractivity contribution is 5.92. The van der Waals surface area contributed by atoms with Gasteiger partial charge in [-0.1, -0.05) is 0 Å². The van der Waals surface area contributed by atoms with Crippen LogP contribution in [0.4, 0.5) is 0 Å². The summed E-state index contributed by atoms with van der Waals surface area (Å²) in [5.41, 5.74) is -0.216. The molecule has 0 saturated carbocycles. The Bertz CT molecular complexity index is 556. The van der Waals surface area contributed by atoms with Crippen LogP contribution in [0, 0.1) is 12.3 Å². The Balaban J connectivity index is 1.66. The predicted molar refractivity (Wildman–Crippen MR) is 77.9 cm³/mol. The van der Waals surface area contributed by atoms with Crippen molar-refractivity contribution >= 4 is 11.8 Å². The molecule has 2 amide bonds. The molecule has 2 fully saturated rings. The van der Waals surface area contributed by atoms with Crippen LogP contribution >= 0.6 is 0 Å². The number of amides is 2. The maximum atomic E-state index is 12.5. The first kappa shape index (κ1) is 14.2. The number of carbonyl (C=O) groups is 2. The molecule has 2 aliphatic rings. The average molecular weight is 290 g/mol. The summed E-state index contributed by atoms with van der Waals surface area (Å²) in [6.45, 7) is 6.78. The monoisotopic (exact) mass is 290 g/mol. The van der Waals surface area contributed by atoms with Crippen molar-refractivity contribution in [3.8, 4) is 0 Å². The Morgan fingerprint density at radius 3 is 2.43 bits per heavy atom. The van der Waals surface area contributed by atoms with Crippen LogP contribution in [0.5, 0.6) is 0 Å². The molecule has 5 nitrogen and oxygen atoms in total. The molecule has 2 saturated heterocycles. The second kappa shape index (κ2) is 5.20. The van der Waals surface area contributed by atoms with Crippen molar-refractivity contribution < 1.29 is 14.0 Å². The van der Waals surface area contributed by atoms with E-state index in [9.17, 15) is 9.59 Å². The van der Waals surface area contributed by atoms with Crippen LogP contribution < -0.4 is 0 Å². The molecule has 2 aliphatic heterocycles. The minimum atomic E-state index is -0.216. The van der Waals surface area contributed by atoms with E-state index in [0.29, 0.717) is 18.8 Å². The van der Waals surface area contributed by atoms with Crippen LogP contribution in [-0.2, 0) is 4.79 Å². The van der Waals surface area contributed by atoms with E-state index in [2.05, 4.69) is 0 Å². The van der Waals surface area contributed by atoms with Crippen molar-refractivity contribution in [1.29, 1.82) is 0 Å². The number of likely N-dealkylation sites (tertiary alicyclic amines) is 2. The van der Waals surface area contributed by atoms with Gasteiger partial charge in [0.25, 0.3) is 5.91 Å². The molecule has 0 unspecified atom stereocenters. The fourth-order valence-electron chi connectivity index (χ4n) is 3.50.